The third kappa shape index (κ3) is 3.14. The number of hydrogen-bond donors (Lipinski definition) is 4. The molecule has 0 bridgehead atoms. The van der Waals surface area contributed by atoms with Crippen molar-refractivity contribution in [3.63, 3.8) is 0 Å². The van der Waals surface area contributed by atoms with Crippen LogP contribution >= 0.6 is 0 Å². The second-order valence-electron chi connectivity index (χ2n) is 3.54. The van der Waals surface area contributed by atoms with Crippen LogP contribution in [0.25, 0.3) is 0 Å². The molecular formula is C8H13NaO7. The minimum absolute atomic E-state index is 0. The molecular weight excluding hydrogens is 231 g/mol. The first-order chi connectivity index (χ1) is 6.86. The Kier molecular flexibility index (Phi) is 6.38. The van der Waals surface area contributed by atoms with Gasteiger partial charge in [0.15, 0.2) is 0 Å². The van der Waals surface area contributed by atoms with Crippen LogP contribution in [0.3, 0.4) is 0 Å². The molecule has 0 radical (unpaired) electrons. The number of aliphatic hydroxyl groups is 4. The Balaban J connectivity index is 0.00000225. The second-order valence-corrected chi connectivity index (χ2v) is 3.54. The number of rotatable bonds is 2. The Morgan fingerprint density at radius 2 is 1.75 bits per heavy atom. The maximum atomic E-state index is 10.3. The Morgan fingerprint density at radius 3 is 2.19 bits per heavy atom. The summed E-state index contributed by atoms with van der Waals surface area (Å²) >= 11 is 0. The predicted molar refractivity (Wildman–Crippen MR) is 43.4 cm³/mol. The van der Waals surface area contributed by atoms with E-state index in [1.165, 1.54) is 6.92 Å². The van der Waals surface area contributed by atoms with E-state index in [9.17, 15) is 25.2 Å². The van der Waals surface area contributed by atoms with Crippen molar-refractivity contribution in [1.82, 2.24) is 0 Å². The zero-order valence-electron chi connectivity index (χ0n) is 8.98. The van der Waals surface area contributed by atoms with E-state index in [1.807, 2.05) is 0 Å². The normalized spacial score (nSPS) is 40.9. The van der Waals surface area contributed by atoms with E-state index in [0.29, 0.717) is 0 Å². The number of ether oxygens (including phenoxy) is 1. The van der Waals surface area contributed by atoms with Crippen molar-refractivity contribution in [3.8, 4) is 0 Å². The maximum Gasteiger partial charge on any atom is 1.00 e. The summed E-state index contributed by atoms with van der Waals surface area (Å²) in [6.45, 7) is 1.38. The maximum absolute atomic E-state index is 10.3. The Hall–Kier alpha value is 0.270. The van der Waals surface area contributed by atoms with Crippen molar-refractivity contribution < 1.29 is 64.6 Å². The number of carboxylic acid groups (broad SMARTS) is 1. The first kappa shape index (κ1) is 16.3. The summed E-state index contributed by atoms with van der Waals surface area (Å²) in [5, 5.41) is 47.4. The van der Waals surface area contributed by atoms with E-state index < -0.39 is 42.6 Å². The van der Waals surface area contributed by atoms with Crippen LogP contribution in [-0.4, -0.2) is 63.0 Å². The van der Waals surface area contributed by atoms with Crippen LogP contribution in [0.2, 0.25) is 0 Å². The molecule has 16 heavy (non-hydrogen) atoms. The molecule has 1 heterocycles. The molecule has 0 aromatic carbocycles. The second kappa shape index (κ2) is 6.27. The summed E-state index contributed by atoms with van der Waals surface area (Å²) in [5.74, 6) is -1.81. The average molecular weight is 244 g/mol. The van der Waals surface area contributed by atoms with Crippen LogP contribution in [-0.2, 0) is 9.53 Å². The monoisotopic (exact) mass is 244 g/mol. The van der Waals surface area contributed by atoms with E-state index in [1.54, 1.807) is 0 Å². The predicted octanol–water partition coefficient (Wildman–Crippen LogP) is -7.03. The van der Waals surface area contributed by atoms with Crippen molar-refractivity contribution in [1.29, 1.82) is 0 Å². The molecule has 1 rings (SSSR count). The van der Waals surface area contributed by atoms with Gasteiger partial charge in [-0.05, 0) is 6.92 Å². The fourth-order valence-corrected chi connectivity index (χ4v) is 1.48. The van der Waals surface area contributed by atoms with Crippen LogP contribution < -0.4 is 34.7 Å². The van der Waals surface area contributed by atoms with Gasteiger partial charge in [-0.3, -0.25) is 0 Å². The average Bonchev–Trinajstić information content (AvgIpc) is 2.19. The first-order valence-corrected chi connectivity index (χ1v) is 4.45. The molecule has 1 fully saturated rings. The van der Waals surface area contributed by atoms with E-state index in [0.717, 1.165) is 0 Å². The zero-order valence-corrected chi connectivity index (χ0v) is 11.0. The minimum atomic E-state index is -2.05. The summed E-state index contributed by atoms with van der Waals surface area (Å²) in [7, 11) is 0. The van der Waals surface area contributed by atoms with Gasteiger partial charge in [-0.2, -0.15) is 0 Å². The molecule has 0 aromatic heterocycles. The molecule has 7 nitrogen and oxygen atoms in total. The zero-order chi connectivity index (χ0) is 11.7. The van der Waals surface area contributed by atoms with Gasteiger partial charge in [0.25, 0.3) is 0 Å². The number of carbonyl (C=O) groups excluding carboxylic acids is 1. The molecule has 3 unspecified atom stereocenters. The summed E-state index contributed by atoms with van der Waals surface area (Å²) in [5.41, 5.74) is 0. The standard InChI is InChI=1S/C8H14O7.Na/c1-2-3(9)4(10)5(11)7(15-2)6(12)8(13)14;/h2-7,9-12H,1H3,(H,13,14);/q;+1/p-1/t2-,3-,4+,5?,6?,7?;/m0./s1. The fraction of sp³-hybridized carbons (Fsp3) is 0.875. The molecule has 6 atom stereocenters. The molecule has 0 amide bonds. The van der Waals surface area contributed by atoms with Crippen molar-refractivity contribution in [2.45, 2.75) is 43.5 Å². The summed E-state index contributed by atoms with van der Waals surface area (Å²) < 4.78 is 4.87. The molecule has 0 aromatic rings. The van der Waals surface area contributed by atoms with E-state index in [-0.39, 0.29) is 29.6 Å². The third-order valence-electron chi connectivity index (χ3n) is 2.44. The third-order valence-corrected chi connectivity index (χ3v) is 2.44. The van der Waals surface area contributed by atoms with Crippen LogP contribution in [0, 0.1) is 0 Å². The summed E-state index contributed by atoms with van der Waals surface area (Å²) in [4.78, 5) is 10.3. The van der Waals surface area contributed by atoms with E-state index >= 15 is 0 Å². The molecule has 0 aliphatic carbocycles. The van der Waals surface area contributed by atoms with Gasteiger partial charge in [0.05, 0.1) is 12.1 Å². The van der Waals surface area contributed by atoms with Gasteiger partial charge < -0.3 is 35.1 Å². The van der Waals surface area contributed by atoms with Crippen molar-refractivity contribution >= 4 is 5.97 Å². The molecule has 1 aliphatic rings. The number of carbonyl (C=O) groups is 1. The molecule has 0 saturated carbocycles. The number of hydrogen-bond acceptors (Lipinski definition) is 7. The molecule has 1 saturated heterocycles. The number of aliphatic hydroxyl groups excluding tert-OH is 4. The molecule has 88 valence electrons. The van der Waals surface area contributed by atoms with E-state index in [4.69, 9.17) is 9.84 Å². The van der Waals surface area contributed by atoms with Crippen LogP contribution in [0.1, 0.15) is 6.92 Å². The number of carboxylic acids is 1. The quantitative estimate of drug-likeness (QED) is 0.355. The van der Waals surface area contributed by atoms with Crippen molar-refractivity contribution in [2.75, 3.05) is 0 Å². The van der Waals surface area contributed by atoms with Crippen LogP contribution in [0.5, 0.6) is 0 Å². The Labute approximate surface area is 114 Å². The largest absolute Gasteiger partial charge is 1.00 e. The van der Waals surface area contributed by atoms with Gasteiger partial charge in [-0.1, -0.05) is 0 Å². The topological polar surface area (TPSA) is 130 Å². The van der Waals surface area contributed by atoms with Crippen molar-refractivity contribution in [2.24, 2.45) is 0 Å². The Morgan fingerprint density at radius 1 is 1.25 bits per heavy atom. The van der Waals surface area contributed by atoms with Gasteiger partial charge in [0.2, 0.25) is 0 Å². The fourth-order valence-electron chi connectivity index (χ4n) is 1.48. The van der Waals surface area contributed by atoms with E-state index in [2.05, 4.69) is 0 Å². The molecule has 0 spiro atoms. The van der Waals surface area contributed by atoms with Gasteiger partial charge in [-0.15, -0.1) is 0 Å². The van der Waals surface area contributed by atoms with Crippen LogP contribution in [0.15, 0.2) is 0 Å². The van der Waals surface area contributed by atoms with Crippen LogP contribution in [0.4, 0.5) is 0 Å². The van der Waals surface area contributed by atoms with Gasteiger partial charge >= 0.3 is 29.6 Å². The van der Waals surface area contributed by atoms with Crippen molar-refractivity contribution in [3.05, 3.63) is 0 Å². The first-order valence-electron chi connectivity index (χ1n) is 4.45. The minimum Gasteiger partial charge on any atom is -0.547 e. The van der Waals surface area contributed by atoms with Gasteiger partial charge in [-0.25, -0.2) is 0 Å². The molecule has 8 heteroatoms. The van der Waals surface area contributed by atoms with Gasteiger partial charge in [0, 0.05) is 0 Å². The smallest absolute Gasteiger partial charge is 0.547 e. The van der Waals surface area contributed by atoms with Gasteiger partial charge in [0.1, 0.15) is 30.5 Å². The Bertz CT molecular complexity index is 249. The molecule has 4 N–H and O–H groups in total. The summed E-state index contributed by atoms with van der Waals surface area (Å²) in [6.07, 6.45) is -9.02. The summed E-state index contributed by atoms with van der Waals surface area (Å²) in [6, 6.07) is 0. The molecule has 1 aliphatic heterocycles. The number of aliphatic carboxylic acids is 1. The SMILES string of the molecule is C[C@@H]1OC(C(O)C(=O)[O-])C(O)[C@H](O)[C@H]1O.[Na+].